The maximum atomic E-state index is 13.7. The van der Waals surface area contributed by atoms with Gasteiger partial charge in [0, 0.05) is 19.6 Å². The second-order valence-corrected chi connectivity index (χ2v) is 11.3. The first-order valence-corrected chi connectivity index (χ1v) is 16.4. The van der Waals surface area contributed by atoms with E-state index in [4.69, 9.17) is 25.7 Å². The number of carbonyl (C=O) groups excluding carboxylic acids is 5. The zero-order valence-electron chi connectivity index (χ0n) is 28.4. The molecular formula is C36H47ClN6O8. The Morgan fingerprint density at radius 1 is 0.627 bits per heavy atom. The van der Waals surface area contributed by atoms with Crippen LogP contribution in [0.1, 0.15) is 42.4 Å². The first-order valence-electron chi connectivity index (χ1n) is 16.4. The predicted molar refractivity (Wildman–Crippen MR) is 192 cm³/mol. The number of hydrogen-bond acceptors (Lipinski definition) is 10. The molecule has 14 nitrogen and oxygen atoms in total. The maximum absolute atomic E-state index is 13.7. The molecule has 3 aromatic rings. The molecule has 0 unspecified atom stereocenters. The van der Waals surface area contributed by atoms with Gasteiger partial charge in [-0.15, -0.1) is 12.4 Å². The third-order valence-electron chi connectivity index (χ3n) is 7.41. The molecule has 15 heteroatoms. The molecule has 0 saturated carbocycles. The van der Waals surface area contributed by atoms with E-state index in [0.717, 1.165) is 11.1 Å². The lowest BCUT2D eigenvalue weighted by Crippen LogP contribution is -2.56. The molecule has 3 rings (SSSR count). The van der Waals surface area contributed by atoms with Crippen LogP contribution in [0.15, 0.2) is 91.0 Å². The zero-order valence-corrected chi connectivity index (χ0v) is 29.2. The lowest BCUT2D eigenvalue weighted by atomic mass is 10.0. The Bertz CT molecular complexity index is 1490. The van der Waals surface area contributed by atoms with Crippen molar-refractivity contribution in [2.24, 2.45) is 11.5 Å². The number of halogens is 1. The summed E-state index contributed by atoms with van der Waals surface area (Å²) in [5, 5.41) is 7.44. The first kappa shape index (κ1) is 42.0. The zero-order chi connectivity index (χ0) is 36.0. The monoisotopic (exact) mass is 726 g/mol. The van der Waals surface area contributed by atoms with E-state index in [1.807, 2.05) is 66.7 Å². The SMILES string of the molecule is Cl.NCCC[C@H](N)C(=O)N(CCNC(=O)OCc1ccccc1)[C@@H](CCCNC(=O)OCc1ccccc1)C(=O)NC(=O)OCc1ccccc1. The highest BCUT2D eigenvalue weighted by Crippen LogP contribution is 2.12. The second-order valence-electron chi connectivity index (χ2n) is 11.3. The quantitative estimate of drug-likeness (QED) is 0.0894. The van der Waals surface area contributed by atoms with Crippen LogP contribution in [-0.2, 0) is 43.6 Å². The third kappa shape index (κ3) is 16.4. The molecule has 0 spiro atoms. The Labute approximate surface area is 304 Å². The van der Waals surface area contributed by atoms with Gasteiger partial charge in [-0.1, -0.05) is 91.0 Å². The molecule has 7 N–H and O–H groups in total. The van der Waals surface area contributed by atoms with Crippen LogP contribution in [0.2, 0.25) is 0 Å². The molecular weight excluding hydrogens is 680 g/mol. The fourth-order valence-corrected chi connectivity index (χ4v) is 4.78. The molecule has 0 aliphatic rings. The Morgan fingerprint density at radius 3 is 1.55 bits per heavy atom. The number of ether oxygens (including phenoxy) is 3. The molecule has 0 radical (unpaired) electrons. The lowest BCUT2D eigenvalue weighted by molar-refractivity contribution is -0.141. The van der Waals surface area contributed by atoms with Crippen molar-refractivity contribution in [3.63, 3.8) is 0 Å². The number of hydrogen-bond donors (Lipinski definition) is 5. The summed E-state index contributed by atoms with van der Waals surface area (Å²) in [4.78, 5) is 65.9. The van der Waals surface area contributed by atoms with Gasteiger partial charge in [0.1, 0.15) is 25.9 Å². The highest BCUT2D eigenvalue weighted by atomic mass is 35.5. The molecule has 3 aromatic carbocycles. The van der Waals surface area contributed by atoms with Gasteiger partial charge in [0.25, 0.3) is 5.91 Å². The van der Waals surface area contributed by atoms with E-state index < -0.39 is 42.2 Å². The normalized spacial score (nSPS) is 11.5. The molecule has 0 bridgehead atoms. The molecule has 0 aromatic heterocycles. The average molecular weight is 727 g/mol. The summed E-state index contributed by atoms with van der Waals surface area (Å²) in [6.45, 7) is 0.207. The number of alkyl carbamates (subject to hydrolysis) is 3. The fraction of sp³-hybridized carbons (Fsp3) is 0.361. The number of rotatable bonds is 19. The second kappa shape index (κ2) is 24.1. The Kier molecular flexibility index (Phi) is 19.8. The van der Waals surface area contributed by atoms with Gasteiger partial charge < -0.3 is 41.2 Å². The summed E-state index contributed by atoms with van der Waals surface area (Å²) in [6, 6.07) is 24.9. The number of nitrogens with zero attached hydrogens (tertiary/aromatic N) is 1. The molecule has 0 saturated heterocycles. The van der Waals surface area contributed by atoms with Crippen molar-refractivity contribution < 1.29 is 38.2 Å². The highest BCUT2D eigenvalue weighted by Gasteiger charge is 2.33. The Hall–Kier alpha value is -5.18. The van der Waals surface area contributed by atoms with Gasteiger partial charge in [-0.05, 0) is 48.9 Å². The minimum absolute atomic E-state index is 0. The summed E-state index contributed by atoms with van der Waals surface area (Å²) in [5.74, 6) is -1.40. The van der Waals surface area contributed by atoms with Crippen molar-refractivity contribution in [3.05, 3.63) is 108 Å². The van der Waals surface area contributed by atoms with Crippen molar-refractivity contribution >= 4 is 42.5 Å². The number of amides is 5. The van der Waals surface area contributed by atoms with Gasteiger partial charge in [0.15, 0.2) is 0 Å². The van der Waals surface area contributed by atoms with E-state index in [1.54, 1.807) is 24.3 Å². The number of imide groups is 1. The summed E-state index contributed by atoms with van der Waals surface area (Å²) in [7, 11) is 0. The number of nitrogens with two attached hydrogens (primary N) is 2. The van der Waals surface area contributed by atoms with E-state index in [-0.39, 0.29) is 71.1 Å². The van der Waals surface area contributed by atoms with Gasteiger partial charge >= 0.3 is 18.3 Å². The summed E-state index contributed by atoms with van der Waals surface area (Å²) >= 11 is 0. The predicted octanol–water partition coefficient (Wildman–Crippen LogP) is 3.76. The molecule has 0 fully saturated rings. The maximum Gasteiger partial charge on any atom is 0.414 e. The fourth-order valence-electron chi connectivity index (χ4n) is 4.78. The molecule has 2 atom stereocenters. The highest BCUT2D eigenvalue weighted by molar-refractivity contribution is 5.97. The van der Waals surface area contributed by atoms with Crippen LogP contribution in [0.4, 0.5) is 14.4 Å². The van der Waals surface area contributed by atoms with Crippen molar-refractivity contribution in [2.75, 3.05) is 26.2 Å². The van der Waals surface area contributed by atoms with E-state index >= 15 is 0 Å². The minimum Gasteiger partial charge on any atom is -0.445 e. The lowest BCUT2D eigenvalue weighted by Gasteiger charge is -2.33. The van der Waals surface area contributed by atoms with Crippen molar-refractivity contribution in [3.8, 4) is 0 Å². The van der Waals surface area contributed by atoms with E-state index in [2.05, 4.69) is 16.0 Å². The molecule has 5 amide bonds. The van der Waals surface area contributed by atoms with Crippen LogP contribution in [-0.4, -0.2) is 73.3 Å². The van der Waals surface area contributed by atoms with Gasteiger partial charge in [0.2, 0.25) is 5.91 Å². The first-order chi connectivity index (χ1) is 24.3. The van der Waals surface area contributed by atoms with Crippen molar-refractivity contribution in [1.82, 2.24) is 20.9 Å². The minimum atomic E-state index is -1.22. The van der Waals surface area contributed by atoms with Gasteiger partial charge in [0.05, 0.1) is 6.04 Å². The average Bonchev–Trinajstić information content (AvgIpc) is 3.14. The standard InChI is InChI=1S/C36H46N6O8.ClH/c37-20-10-18-30(38)33(44)42(23-22-40-35(46)49-25-28-14-6-2-7-15-28)31(32(43)41-36(47)50-26-29-16-8-3-9-17-29)19-11-21-39-34(45)48-24-27-12-4-1-5-13-27;/h1-9,12-17,30-31H,10-11,18-26,37-38H2,(H,39,45)(H,40,46)(H,41,43,47);1H/t30-,31-;/m0./s1. The van der Waals surface area contributed by atoms with Crippen LogP contribution in [0.25, 0.3) is 0 Å². The van der Waals surface area contributed by atoms with Crippen molar-refractivity contribution in [2.45, 2.75) is 57.6 Å². The Balaban J connectivity index is 0.00000901. The topological polar surface area (TPSA) is 204 Å². The third-order valence-corrected chi connectivity index (χ3v) is 7.41. The summed E-state index contributed by atoms with van der Waals surface area (Å²) < 4.78 is 15.7. The van der Waals surface area contributed by atoms with E-state index in [9.17, 15) is 24.0 Å². The molecule has 0 heterocycles. The molecule has 0 aliphatic heterocycles. The summed E-state index contributed by atoms with van der Waals surface area (Å²) in [5.41, 5.74) is 14.2. The van der Waals surface area contributed by atoms with E-state index in [1.165, 1.54) is 4.90 Å². The molecule has 51 heavy (non-hydrogen) atoms. The van der Waals surface area contributed by atoms with Crippen LogP contribution >= 0.6 is 12.4 Å². The van der Waals surface area contributed by atoms with Crippen LogP contribution in [0, 0.1) is 0 Å². The molecule has 276 valence electrons. The van der Waals surface area contributed by atoms with Crippen LogP contribution in [0.5, 0.6) is 0 Å². The van der Waals surface area contributed by atoms with Gasteiger partial charge in [-0.3, -0.25) is 14.9 Å². The smallest absolute Gasteiger partial charge is 0.414 e. The van der Waals surface area contributed by atoms with Gasteiger partial charge in [-0.2, -0.15) is 0 Å². The Morgan fingerprint density at radius 2 is 1.08 bits per heavy atom. The van der Waals surface area contributed by atoms with E-state index in [0.29, 0.717) is 18.5 Å². The summed E-state index contributed by atoms with van der Waals surface area (Å²) in [6.07, 6.45) is -1.44. The largest absolute Gasteiger partial charge is 0.445 e. The van der Waals surface area contributed by atoms with Crippen molar-refractivity contribution in [1.29, 1.82) is 0 Å². The number of carbonyl (C=O) groups is 5. The number of benzene rings is 3. The molecule has 0 aliphatic carbocycles. The van der Waals surface area contributed by atoms with Gasteiger partial charge in [-0.25, -0.2) is 14.4 Å². The van der Waals surface area contributed by atoms with Crippen LogP contribution < -0.4 is 27.4 Å². The van der Waals surface area contributed by atoms with Crippen LogP contribution in [0.3, 0.4) is 0 Å². The number of nitrogens with one attached hydrogen (secondary N) is 3.